The summed E-state index contributed by atoms with van der Waals surface area (Å²) in [6, 6.07) is 19.0. The van der Waals surface area contributed by atoms with E-state index >= 15 is 0 Å². The van der Waals surface area contributed by atoms with E-state index in [4.69, 9.17) is 4.74 Å². The van der Waals surface area contributed by atoms with E-state index in [1.165, 1.54) is 66.6 Å². The second-order valence-electron chi connectivity index (χ2n) is 10.2. The third-order valence-electron chi connectivity index (χ3n) is 7.50. The topological polar surface area (TPSA) is 114 Å². The number of hydrogen-bond acceptors (Lipinski definition) is 6. The molecule has 0 bridgehead atoms. The molecule has 1 aliphatic heterocycles. The zero-order valence-corrected chi connectivity index (χ0v) is 23.9. The Hall–Kier alpha value is -4.81. The third-order valence-corrected chi connectivity index (χ3v) is 9.28. The summed E-state index contributed by atoms with van der Waals surface area (Å²) in [5, 5.41) is 3.98. The van der Waals surface area contributed by atoms with Gasteiger partial charge in [0.2, 0.25) is 0 Å². The number of carbonyl (C=O) groups is 2. The molecule has 0 unspecified atom stereocenters. The van der Waals surface area contributed by atoms with Crippen LogP contribution < -0.4 is 15.0 Å². The standard InChI is InChI=1S/C30H26FN5O5S/c1-30(23-15-20(41-4)13-14-26(23)35(29(30)38)19-11-9-18(31)10-12-19)33-28(37)24-16-22-21-7-5-6-8-25(21)36(27(22)17-32-24)42(39,40)34(2)3/h5-17H,1-4H3,(H,33,37)/t30-/m0/s1. The van der Waals surface area contributed by atoms with Crippen LogP contribution >= 0.6 is 0 Å². The number of nitrogens with zero attached hydrogens (tertiary/aromatic N) is 4. The number of aromatic nitrogens is 2. The van der Waals surface area contributed by atoms with Crippen LogP contribution in [0.2, 0.25) is 0 Å². The first kappa shape index (κ1) is 27.4. The van der Waals surface area contributed by atoms with Gasteiger partial charge in [-0.2, -0.15) is 12.7 Å². The number of ether oxygens (including phenoxy) is 1. The number of amides is 2. The lowest BCUT2D eigenvalue weighted by Crippen LogP contribution is -2.50. The lowest BCUT2D eigenvalue weighted by atomic mass is 9.93. The first-order valence-electron chi connectivity index (χ1n) is 12.9. The Morgan fingerprint density at radius 1 is 1.00 bits per heavy atom. The molecule has 0 spiro atoms. The molecule has 3 aromatic carbocycles. The molecule has 214 valence electrons. The maximum atomic E-state index is 14.0. The second kappa shape index (κ2) is 9.64. The number of pyridine rings is 1. The van der Waals surface area contributed by atoms with Crippen LogP contribution in [0.5, 0.6) is 5.75 Å². The number of hydrogen-bond donors (Lipinski definition) is 1. The number of para-hydroxylation sites is 1. The van der Waals surface area contributed by atoms with Crippen molar-refractivity contribution in [2.45, 2.75) is 12.5 Å². The van der Waals surface area contributed by atoms with Crippen molar-refractivity contribution in [1.29, 1.82) is 0 Å². The third kappa shape index (κ3) is 4.02. The van der Waals surface area contributed by atoms with Gasteiger partial charge in [-0.3, -0.25) is 14.5 Å². The summed E-state index contributed by atoms with van der Waals surface area (Å²) in [6.07, 6.45) is 1.34. The molecule has 42 heavy (non-hydrogen) atoms. The minimum atomic E-state index is -3.91. The highest BCUT2D eigenvalue weighted by atomic mass is 32.2. The summed E-state index contributed by atoms with van der Waals surface area (Å²) in [4.78, 5) is 33.4. The Labute approximate surface area is 241 Å². The molecule has 1 atom stereocenters. The predicted molar refractivity (Wildman–Crippen MR) is 157 cm³/mol. The summed E-state index contributed by atoms with van der Waals surface area (Å²) in [7, 11) is 0.465. The minimum absolute atomic E-state index is 0.00800. The fourth-order valence-corrected chi connectivity index (χ4v) is 6.44. The molecular formula is C30H26FN5O5S. The van der Waals surface area contributed by atoms with Gasteiger partial charge in [0.15, 0.2) is 0 Å². The first-order valence-corrected chi connectivity index (χ1v) is 14.3. The Balaban J connectivity index is 1.45. The summed E-state index contributed by atoms with van der Waals surface area (Å²) in [5.41, 5.74) is 0.631. The van der Waals surface area contributed by atoms with Gasteiger partial charge in [-0.15, -0.1) is 0 Å². The average molecular weight is 588 g/mol. The largest absolute Gasteiger partial charge is 0.497 e. The lowest BCUT2D eigenvalue weighted by molar-refractivity contribution is -0.122. The van der Waals surface area contributed by atoms with Crippen molar-refractivity contribution in [1.82, 2.24) is 18.6 Å². The van der Waals surface area contributed by atoms with Crippen molar-refractivity contribution in [2.75, 3.05) is 26.1 Å². The van der Waals surface area contributed by atoms with E-state index in [1.807, 2.05) is 0 Å². The Morgan fingerprint density at radius 3 is 2.40 bits per heavy atom. The molecule has 3 heterocycles. The molecule has 0 aliphatic carbocycles. The molecule has 2 aromatic heterocycles. The van der Waals surface area contributed by atoms with Crippen molar-refractivity contribution in [2.24, 2.45) is 0 Å². The van der Waals surface area contributed by atoms with Gasteiger partial charge >= 0.3 is 10.2 Å². The highest BCUT2D eigenvalue weighted by Gasteiger charge is 2.49. The molecule has 10 nitrogen and oxygen atoms in total. The fourth-order valence-electron chi connectivity index (χ4n) is 5.31. The van der Waals surface area contributed by atoms with Gasteiger partial charge < -0.3 is 10.1 Å². The average Bonchev–Trinajstić information content (AvgIpc) is 3.42. The first-order chi connectivity index (χ1) is 20.0. The highest BCUT2D eigenvalue weighted by Crippen LogP contribution is 2.46. The molecule has 6 rings (SSSR count). The van der Waals surface area contributed by atoms with E-state index in [0.29, 0.717) is 44.5 Å². The highest BCUT2D eigenvalue weighted by molar-refractivity contribution is 7.87. The van der Waals surface area contributed by atoms with Crippen LogP contribution in [-0.4, -0.2) is 54.7 Å². The van der Waals surface area contributed by atoms with Crippen molar-refractivity contribution < 1.29 is 27.1 Å². The van der Waals surface area contributed by atoms with Crippen LogP contribution in [0, 0.1) is 5.82 Å². The summed E-state index contributed by atoms with van der Waals surface area (Å²) < 4.78 is 47.7. The lowest BCUT2D eigenvalue weighted by Gasteiger charge is -2.26. The van der Waals surface area contributed by atoms with Gasteiger partial charge in [0, 0.05) is 36.1 Å². The van der Waals surface area contributed by atoms with Gasteiger partial charge in [0.05, 0.1) is 30.0 Å². The molecule has 5 aromatic rings. The van der Waals surface area contributed by atoms with E-state index in [9.17, 15) is 22.4 Å². The van der Waals surface area contributed by atoms with Crippen LogP contribution in [0.4, 0.5) is 15.8 Å². The molecular weight excluding hydrogens is 561 g/mol. The zero-order valence-electron chi connectivity index (χ0n) is 23.1. The molecule has 0 saturated carbocycles. The van der Waals surface area contributed by atoms with E-state index in [1.54, 1.807) is 49.4 Å². The summed E-state index contributed by atoms with van der Waals surface area (Å²) >= 11 is 0. The number of rotatable bonds is 6. The molecule has 1 aliphatic rings. The maximum absolute atomic E-state index is 14.0. The van der Waals surface area contributed by atoms with Gasteiger partial charge in [-0.25, -0.2) is 13.3 Å². The Bertz CT molecular complexity index is 2020. The van der Waals surface area contributed by atoms with Gasteiger partial charge in [0.25, 0.3) is 11.8 Å². The fraction of sp³-hybridized carbons (Fsp3) is 0.167. The van der Waals surface area contributed by atoms with Crippen LogP contribution in [0.3, 0.4) is 0 Å². The van der Waals surface area contributed by atoms with Crippen LogP contribution in [-0.2, 0) is 20.5 Å². The zero-order chi connectivity index (χ0) is 30.0. The monoisotopic (exact) mass is 587 g/mol. The molecule has 2 amide bonds. The van der Waals surface area contributed by atoms with Crippen LogP contribution in [0.25, 0.3) is 21.8 Å². The SMILES string of the molecule is COc1ccc2c(c1)[C@](C)(NC(=O)c1cc3c4ccccc4n(S(=O)(=O)N(C)C)c3cn1)C(=O)N2c1ccc(F)cc1. The van der Waals surface area contributed by atoms with E-state index < -0.39 is 33.4 Å². The molecule has 0 saturated heterocycles. The number of methoxy groups -OCH3 is 1. The van der Waals surface area contributed by atoms with Crippen molar-refractivity contribution in [3.05, 3.63) is 96.1 Å². The number of benzene rings is 3. The van der Waals surface area contributed by atoms with Crippen LogP contribution in [0.15, 0.2) is 79.0 Å². The van der Waals surface area contributed by atoms with E-state index in [2.05, 4.69) is 10.3 Å². The minimum Gasteiger partial charge on any atom is -0.497 e. The smallest absolute Gasteiger partial charge is 0.308 e. The van der Waals surface area contributed by atoms with Gasteiger partial charge in [0.1, 0.15) is 22.8 Å². The quantitative estimate of drug-likeness (QED) is 0.317. The predicted octanol–water partition coefficient (Wildman–Crippen LogP) is 4.32. The van der Waals surface area contributed by atoms with Crippen molar-refractivity contribution in [3.8, 4) is 5.75 Å². The van der Waals surface area contributed by atoms with E-state index in [0.717, 1.165) is 4.31 Å². The van der Waals surface area contributed by atoms with Crippen molar-refractivity contribution >= 4 is 55.2 Å². The normalized spacial score (nSPS) is 16.8. The molecule has 12 heteroatoms. The summed E-state index contributed by atoms with van der Waals surface area (Å²) in [6.45, 7) is 1.59. The number of anilines is 2. The molecule has 0 radical (unpaired) electrons. The summed E-state index contributed by atoms with van der Waals surface area (Å²) in [5.74, 6) is -1.06. The molecule has 1 N–H and O–H groups in total. The number of fused-ring (bicyclic) bond motifs is 4. The van der Waals surface area contributed by atoms with Gasteiger partial charge in [-0.05, 0) is 61.5 Å². The Kier molecular flexibility index (Phi) is 6.28. The van der Waals surface area contributed by atoms with Crippen molar-refractivity contribution in [3.63, 3.8) is 0 Å². The van der Waals surface area contributed by atoms with Crippen LogP contribution in [0.1, 0.15) is 23.0 Å². The number of nitrogens with one attached hydrogen (secondary N) is 1. The molecule has 0 fully saturated rings. The van der Waals surface area contributed by atoms with Gasteiger partial charge in [-0.1, -0.05) is 18.2 Å². The number of halogens is 1. The number of carbonyl (C=O) groups excluding carboxylic acids is 2. The van der Waals surface area contributed by atoms with E-state index in [-0.39, 0.29) is 5.69 Å². The maximum Gasteiger partial charge on any atom is 0.308 e. The Morgan fingerprint density at radius 2 is 1.71 bits per heavy atom. The second-order valence-corrected chi connectivity index (χ2v) is 12.2.